The van der Waals surface area contributed by atoms with Gasteiger partial charge in [0.05, 0.1) is 11.0 Å². The lowest BCUT2D eigenvalue weighted by molar-refractivity contribution is 0.657. The predicted octanol–water partition coefficient (Wildman–Crippen LogP) is 10.4. The molecule has 0 fully saturated rings. The summed E-state index contributed by atoms with van der Waals surface area (Å²) in [5.74, 6) is 1.92. The van der Waals surface area contributed by atoms with Crippen molar-refractivity contribution in [3.05, 3.63) is 150 Å². The zero-order chi connectivity index (χ0) is 30.8. The Balaban J connectivity index is 1.32. The molecule has 4 nitrogen and oxygen atoms in total. The molecule has 2 heterocycles. The van der Waals surface area contributed by atoms with Crippen LogP contribution in [-0.4, -0.2) is 19.5 Å². The fourth-order valence-electron chi connectivity index (χ4n) is 7.62. The molecule has 0 radical (unpaired) electrons. The van der Waals surface area contributed by atoms with Crippen LogP contribution in [0.4, 0.5) is 0 Å². The zero-order valence-corrected chi connectivity index (χ0v) is 25.9. The van der Waals surface area contributed by atoms with E-state index in [1.807, 2.05) is 24.3 Å². The molecular weight excluding hydrogens is 560 g/mol. The first kappa shape index (κ1) is 26.8. The van der Waals surface area contributed by atoms with Crippen LogP contribution >= 0.6 is 0 Å². The van der Waals surface area contributed by atoms with Crippen LogP contribution in [0.25, 0.3) is 67.2 Å². The van der Waals surface area contributed by atoms with Crippen LogP contribution in [0.5, 0.6) is 0 Å². The number of hydrogen-bond donors (Lipinski definition) is 0. The molecule has 220 valence electrons. The van der Waals surface area contributed by atoms with Gasteiger partial charge in [0, 0.05) is 27.3 Å². The van der Waals surface area contributed by atoms with E-state index < -0.39 is 0 Å². The summed E-state index contributed by atoms with van der Waals surface area (Å²) in [6, 6.07) is 42.4. The molecule has 4 heteroatoms. The van der Waals surface area contributed by atoms with E-state index in [0.29, 0.717) is 17.6 Å². The van der Waals surface area contributed by atoms with Gasteiger partial charge in [-0.1, -0.05) is 129 Å². The molecule has 0 atom stereocenters. The van der Waals surface area contributed by atoms with Gasteiger partial charge in [0.2, 0.25) is 5.95 Å². The topological polar surface area (TPSA) is 43.6 Å². The van der Waals surface area contributed by atoms with E-state index in [9.17, 15) is 0 Å². The molecule has 0 spiro atoms. The van der Waals surface area contributed by atoms with Gasteiger partial charge in [-0.3, -0.25) is 4.57 Å². The lowest BCUT2D eigenvalue weighted by Crippen LogP contribution is -2.17. The first-order valence-electron chi connectivity index (χ1n) is 16.0. The predicted molar refractivity (Wildman–Crippen MR) is 189 cm³/mol. The van der Waals surface area contributed by atoms with Crippen molar-refractivity contribution in [2.75, 3.05) is 0 Å². The van der Waals surface area contributed by atoms with Crippen molar-refractivity contribution in [1.29, 1.82) is 0 Å². The SMILES string of the molecule is CC1(C)C2=C(CCC=C2)c2ccc3c(c21)c1ccccc1n3-c1nc(-c2ccccc2)nc(-c2cccc(-c3ccccc3)c2)n1. The largest absolute Gasteiger partial charge is 0.278 e. The number of allylic oxidation sites excluding steroid dienone is 4. The molecule has 0 amide bonds. The fourth-order valence-corrected chi connectivity index (χ4v) is 7.62. The number of nitrogens with zero attached hydrogens (tertiary/aromatic N) is 4. The van der Waals surface area contributed by atoms with E-state index in [1.54, 1.807) is 0 Å². The minimum Gasteiger partial charge on any atom is -0.278 e. The molecular formula is C42H32N4. The molecule has 9 rings (SSSR count). The fraction of sp³-hybridized carbons (Fsp3) is 0.119. The van der Waals surface area contributed by atoms with Crippen molar-refractivity contribution >= 4 is 27.4 Å². The van der Waals surface area contributed by atoms with Gasteiger partial charge < -0.3 is 0 Å². The summed E-state index contributed by atoms with van der Waals surface area (Å²) in [7, 11) is 0. The van der Waals surface area contributed by atoms with Gasteiger partial charge >= 0.3 is 0 Å². The summed E-state index contributed by atoms with van der Waals surface area (Å²) in [6.45, 7) is 4.76. The Kier molecular flexibility index (Phi) is 5.94. The molecule has 7 aromatic rings. The molecule has 0 aliphatic heterocycles. The third kappa shape index (κ3) is 4.03. The van der Waals surface area contributed by atoms with Crippen LogP contribution < -0.4 is 0 Å². The summed E-state index contributed by atoms with van der Waals surface area (Å²) in [5, 5.41) is 2.51. The number of benzene rings is 5. The highest BCUT2D eigenvalue weighted by molar-refractivity contribution is 6.13. The van der Waals surface area contributed by atoms with E-state index in [4.69, 9.17) is 15.0 Å². The second kappa shape index (κ2) is 10.2. The van der Waals surface area contributed by atoms with Crippen molar-refractivity contribution in [2.45, 2.75) is 32.1 Å². The first-order chi connectivity index (χ1) is 22.6. The van der Waals surface area contributed by atoms with Crippen molar-refractivity contribution < 1.29 is 0 Å². The van der Waals surface area contributed by atoms with Gasteiger partial charge in [-0.15, -0.1) is 0 Å². The van der Waals surface area contributed by atoms with Gasteiger partial charge in [-0.25, -0.2) is 4.98 Å². The standard InChI is InChI=1S/C42H32N4/c1-42(2)34-22-11-9-20-31(34)32-24-25-36-37(38(32)42)33-21-10-12-23-35(33)46(36)41-44-39(28-16-7-4-8-17-28)43-40(45-41)30-19-13-18-29(26-30)27-14-5-3-6-15-27/h3-8,10-19,21-26H,9,20H2,1-2H3. The number of fused-ring (bicyclic) bond motifs is 6. The van der Waals surface area contributed by atoms with Crippen LogP contribution in [0.1, 0.15) is 37.8 Å². The Morgan fingerprint density at radius 2 is 1.28 bits per heavy atom. The van der Waals surface area contributed by atoms with Gasteiger partial charge in [0.25, 0.3) is 0 Å². The highest BCUT2D eigenvalue weighted by atomic mass is 15.2. The minimum atomic E-state index is -0.104. The summed E-state index contributed by atoms with van der Waals surface area (Å²) >= 11 is 0. The molecule has 5 aromatic carbocycles. The molecule has 0 unspecified atom stereocenters. The average molecular weight is 593 g/mol. The maximum absolute atomic E-state index is 5.23. The number of aromatic nitrogens is 4. The van der Waals surface area contributed by atoms with Gasteiger partial charge in [0.15, 0.2) is 11.6 Å². The summed E-state index contributed by atoms with van der Waals surface area (Å²) in [4.78, 5) is 15.5. The third-order valence-electron chi connectivity index (χ3n) is 9.72. The maximum atomic E-state index is 5.23. The summed E-state index contributed by atoms with van der Waals surface area (Å²) in [5.41, 5.74) is 12.0. The lowest BCUT2D eigenvalue weighted by atomic mass is 9.78. The minimum absolute atomic E-state index is 0.104. The summed E-state index contributed by atoms with van der Waals surface area (Å²) in [6.07, 6.45) is 6.87. The smallest absolute Gasteiger partial charge is 0.238 e. The van der Waals surface area contributed by atoms with Gasteiger partial charge in [0.1, 0.15) is 0 Å². The van der Waals surface area contributed by atoms with Crippen molar-refractivity contribution in [3.63, 3.8) is 0 Å². The highest BCUT2D eigenvalue weighted by Gasteiger charge is 2.39. The normalized spacial score (nSPS) is 15.0. The second-order valence-electron chi connectivity index (χ2n) is 12.8. The molecule has 2 aliphatic rings. The first-order valence-corrected chi connectivity index (χ1v) is 16.0. The molecule has 2 aliphatic carbocycles. The monoisotopic (exact) mass is 592 g/mol. The van der Waals surface area contributed by atoms with E-state index in [0.717, 1.165) is 46.1 Å². The molecule has 2 aromatic heterocycles. The Morgan fingerprint density at radius 3 is 2.09 bits per heavy atom. The average Bonchev–Trinajstić information content (AvgIpc) is 3.57. The quantitative estimate of drug-likeness (QED) is 0.204. The van der Waals surface area contributed by atoms with Crippen LogP contribution in [0, 0.1) is 0 Å². The van der Waals surface area contributed by atoms with E-state index in [1.165, 1.54) is 33.0 Å². The second-order valence-corrected chi connectivity index (χ2v) is 12.8. The maximum Gasteiger partial charge on any atom is 0.238 e. The Labute approximate surface area is 268 Å². The lowest BCUT2D eigenvalue weighted by Gasteiger charge is -2.25. The van der Waals surface area contributed by atoms with Gasteiger partial charge in [-0.05, 0) is 64.4 Å². The van der Waals surface area contributed by atoms with Crippen LogP contribution in [0.2, 0.25) is 0 Å². The number of rotatable bonds is 4. The van der Waals surface area contributed by atoms with Crippen LogP contribution in [-0.2, 0) is 5.41 Å². The highest BCUT2D eigenvalue weighted by Crippen LogP contribution is 2.53. The third-order valence-corrected chi connectivity index (χ3v) is 9.72. The van der Waals surface area contributed by atoms with Gasteiger partial charge in [-0.2, -0.15) is 9.97 Å². The Bertz CT molecular complexity index is 2380. The molecule has 0 bridgehead atoms. The summed E-state index contributed by atoms with van der Waals surface area (Å²) < 4.78 is 2.24. The Morgan fingerprint density at radius 1 is 0.609 bits per heavy atom. The van der Waals surface area contributed by atoms with Crippen molar-refractivity contribution in [2.24, 2.45) is 0 Å². The van der Waals surface area contributed by atoms with E-state index in [2.05, 4.69) is 128 Å². The zero-order valence-electron chi connectivity index (χ0n) is 25.9. The van der Waals surface area contributed by atoms with Crippen LogP contribution in [0.3, 0.4) is 0 Å². The Hall–Kier alpha value is -5.61. The van der Waals surface area contributed by atoms with Crippen molar-refractivity contribution in [1.82, 2.24) is 19.5 Å². The van der Waals surface area contributed by atoms with E-state index in [-0.39, 0.29) is 5.41 Å². The van der Waals surface area contributed by atoms with Crippen LogP contribution in [0.15, 0.2) is 139 Å². The van der Waals surface area contributed by atoms with Crippen molar-refractivity contribution in [3.8, 4) is 39.9 Å². The molecule has 0 N–H and O–H groups in total. The number of para-hydroxylation sites is 1. The molecule has 0 saturated carbocycles. The molecule has 0 saturated heterocycles. The number of hydrogen-bond acceptors (Lipinski definition) is 3. The molecule has 46 heavy (non-hydrogen) atoms. The van der Waals surface area contributed by atoms with E-state index >= 15 is 0 Å².